The number of aryl methyl sites for hydroxylation is 1. The fourth-order valence-corrected chi connectivity index (χ4v) is 4.44. The van der Waals surface area contributed by atoms with Gasteiger partial charge in [0.15, 0.2) is 5.65 Å². The number of aromatic nitrogens is 3. The Balaban J connectivity index is 1.74. The SMILES string of the molecule is Cc1ccc(O)c(C)c1-n1c(N)c(C(N)=O)c2nc3cc(C(=O)N4CCOCC4)ccc3nc21. The molecule has 10 heteroatoms. The van der Waals surface area contributed by atoms with Crippen LogP contribution in [-0.2, 0) is 4.74 Å². The van der Waals surface area contributed by atoms with Gasteiger partial charge in [0.1, 0.15) is 22.6 Å². The van der Waals surface area contributed by atoms with Crippen LogP contribution < -0.4 is 11.5 Å². The molecule has 1 aliphatic heterocycles. The molecule has 0 atom stereocenters. The summed E-state index contributed by atoms with van der Waals surface area (Å²) in [7, 11) is 0. The van der Waals surface area contributed by atoms with E-state index in [1.165, 1.54) is 0 Å². The average Bonchev–Trinajstić information content (AvgIpc) is 3.11. The maximum Gasteiger partial charge on any atom is 0.254 e. The first-order valence-corrected chi connectivity index (χ1v) is 10.9. The van der Waals surface area contributed by atoms with Crippen molar-refractivity contribution in [1.82, 2.24) is 19.4 Å². The third-order valence-corrected chi connectivity index (χ3v) is 6.21. The van der Waals surface area contributed by atoms with Gasteiger partial charge in [0.25, 0.3) is 11.8 Å². The molecule has 3 heterocycles. The van der Waals surface area contributed by atoms with Gasteiger partial charge in [-0.1, -0.05) is 6.07 Å². The number of benzene rings is 2. The first kappa shape index (κ1) is 21.7. The van der Waals surface area contributed by atoms with Gasteiger partial charge < -0.3 is 26.2 Å². The van der Waals surface area contributed by atoms with Crippen molar-refractivity contribution >= 4 is 39.8 Å². The van der Waals surface area contributed by atoms with Crippen LogP contribution in [0.4, 0.5) is 5.82 Å². The number of nitrogens with two attached hydrogens (primary N) is 2. The molecule has 0 bridgehead atoms. The van der Waals surface area contributed by atoms with Gasteiger partial charge in [0.2, 0.25) is 0 Å². The number of hydrogen-bond donors (Lipinski definition) is 3. The predicted octanol–water partition coefficient (Wildman–Crippen LogP) is 2.05. The number of fused-ring (bicyclic) bond motifs is 2. The minimum Gasteiger partial charge on any atom is -0.508 e. The second-order valence-corrected chi connectivity index (χ2v) is 8.34. The average molecular weight is 460 g/mol. The number of ether oxygens (including phenoxy) is 1. The van der Waals surface area contributed by atoms with E-state index >= 15 is 0 Å². The lowest BCUT2D eigenvalue weighted by Gasteiger charge is -2.26. The van der Waals surface area contributed by atoms with Crippen molar-refractivity contribution in [2.75, 3.05) is 32.0 Å². The second-order valence-electron chi connectivity index (χ2n) is 8.34. The molecule has 1 aliphatic rings. The number of primary amides is 1. The van der Waals surface area contributed by atoms with Gasteiger partial charge in [-0.3, -0.25) is 14.2 Å². The molecule has 0 radical (unpaired) electrons. The van der Waals surface area contributed by atoms with Crippen molar-refractivity contribution in [2.24, 2.45) is 5.73 Å². The van der Waals surface area contributed by atoms with Gasteiger partial charge >= 0.3 is 0 Å². The van der Waals surface area contributed by atoms with Crippen LogP contribution in [0.15, 0.2) is 30.3 Å². The molecule has 0 saturated carbocycles. The van der Waals surface area contributed by atoms with Gasteiger partial charge in [-0.2, -0.15) is 0 Å². The summed E-state index contributed by atoms with van der Waals surface area (Å²) in [4.78, 5) is 36.4. The molecule has 2 aromatic heterocycles. The van der Waals surface area contributed by atoms with Crippen LogP contribution in [0.1, 0.15) is 31.8 Å². The van der Waals surface area contributed by atoms with Crippen LogP contribution in [0, 0.1) is 13.8 Å². The zero-order valence-corrected chi connectivity index (χ0v) is 18.8. The molecule has 5 rings (SSSR count). The number of nitrogens with zero attached hydrogens (tertiary/aromatic N) is 4. The standard InChI is InChI=1S/C24H24N6O4/c1-12-3-6-17(31)13(2)20(12)30-21(25)18(22(26)32)19-23(30)28-15-5-4-14(11-16(15)27-19)24(33)29-7-9-34-10-8-29/h3-6,11,31H,7-10,25H2,1-2H3,(H2,26,32). The number of carbonyl (C=O) groups excluding carboxylic acids is 2. The molecule has 10 nitrogen and oxygen atoms in total. The Hall–Kier alpha value is -4.18. The van der Waals surface area contributed by atoms with E-state index in [2.05, 4.69) is 4.98 Å². The highest BCUT2D eigenvalue weighted by molar-refractivity contribution is 6.11. The highest BCUT2D eigenvalue weighted by atomic mass is 16.5. The first-order valence-electron chi connectivity index (χ1n) is 10.9. The number of phenolic OH excluding ortho intramolecular Hbond substituents is 1. The maximum absolute atomic E-state index is 12.9. The van der Waals surface area contributed by atoms with E-state index in [0.717, 1.165) is 5.56 Å². The van der Waals surface area contributed by atoms with Crippen molar-refractivity contribution in [3.8, 4) is 11.4 Å². The van der Waals surface area contributed by atoms with Gasteiger partial charge in [-0.15, -0.1) is 0 Å². The van der Waals surface area contributed by atoms with E-state index in [0.29, 0.717) is 59.8 Å². The topological polar surface area (TPSA) is 150 Å². The highest BCUT2D eigenvalue weighted by Crippen LogP contribution is 2.35. The third kappa shape index (κ3) is 3.30. The maximum atomic E-state index is 12.9. The quantitative estimate of drug-likeness (QED) is 0.423. The molecule has 5 N–H and O–H groups in total. The van der Waals surface area contributed by atoms with Gasteiger partial charge in [0, 0.05) is 24.2 Å². The molecule has 2 aromatic carbocycles. The van der Waals surface area contributed by atoms with Crippen LogP contribution in [0.25, 0.3) is 27.9 Å². The van der Waals surface area contributed by atoms with E-state index < -0.39 is 5.91 Å². The Kier molecular flexibility index (Phi) is 5.09. The number of carbonyl (C=O) groups is 2. The number of amides is 2. The minimum atomic E-state index is -0.745. The summed E-state index contributed by atoms with van der Waals surface area (Å²) in [6, 6.07) is 8.43. The number of phenols is 1. The first-order chi connectivity index (χ1) is 16.3. The van der Waals surface area contributed by atoms with Crippen LogP contribution in [0.5, 0.6) is 5.75 Å². The minimum absolute atomic E-state index is 0.0384. The van der Waals surface area contributed by atoms with Gasteiger partial charge in [-0.25, -0.2) is 9.97 Å². The summed E-state index contributed by atoms with van der Waals surface area (Å²) in [6.07, 6.45) is 0. The summed E-state index contributed by atoms with van der Waals surface area (Å²) in [6.45, 7) is 5.68. The summed E-state index contributed by atoms with van der Waals surface area (Å²) >= 11 is 0. The molecule has 0 aliphatic carbocycles. The fraction of sp³-hybridized carbons (Fsp3) is 0.250. The Labute approximate surface area is 194 Å². The number of hydrogen-bond acceptors (Lipinski definition) is 7. The smallest absolute Gasteiger partial charge is 0.254 e. The van der Waals surface area contributed by atoms with Gasteiger partial charge in [0.05, 0.1) is 29.9 Å². The van der Waals surface area contributed by atoms with E-state index in [4.69, 9.17) is 21.2 Å². The lowest BCUT2D eigenvalue weighted by Crippen LogP contribution is -2.40. The zero-order chi connectivity index (χ0) is 24.1. The van der Waals surface area contributed by atoms with Gasteiger partial charge in [-0.05, 0) is 43.7 Å². The molecular weight excluding hydrogens is 436 g/mol. The largest absolute Gasteiger partial charge is 0.508 e. The number of nitrogen functional groups attached to an aromatic ring is 1. The van der Waals surface area contributed by atoms with Crippen molar-refractivity contribution in [1.29, 1.82) is 0 Å². The van der Waals surface area contributed by atoms with Crippen molar-refractivity contribution < 1.29 is 19.4 Å². The summed E-state index contributed by atoms with van der Waals surface area (Å²) < 4.78 is 6.92. The van der Waals surface area contributed by atoms with E-state index in [1.54, 1.807) is 46.7 Å². The Morgan fingerprint density at radius 2 is 1.79 bits per heavy atom. The molecule has 1 saturated heterocycles. The van der Waals surface area contributed by atoms with E-state index in [1.807, 2.05) is 6.92 Å². The Bertz CT molecular complexity index is 1490. The normalized spacial score (nSPS) is 14.1. The molecular formula is C24H24N6O4. The number of anilines is 1. The highest BCUT2D eigenvalue weighted by Gasteiger charge is 2.26. The number of aromatic hydroxyl groups is 1. The lowest BCUT2D eigenvalue weighted by atomic mass is 10.1. The molecule has 34 heavy (non-hydrogen) atoms. The fourth-order valence-electron chi connectivity index (χ4n) is 4.44. The summed E-state index contributed by atoms with van der Waals surface area (Å²) in [5.74, 6) is -0.696. The van der Waals surface area contributed by atoms with Crippen LogP contribution in [-0.4, -0.2) is 62.7 Å². The van der Waals surface area contributed by atoms with Crippen LogP contribution >= 0.6 is 0 Å². The molecule has 4 aromatic rings. The Morgan fingerprint density at radius 3 is 2.50 bits per heavy atom. The van der Waals surface area contributed by atoms with Crippen LogP contribution in [0.3, 0.4) is 0 Å². The van der Waals surface area contributed by atoms with Crippen molar-refractivity contribution in [3.05, 3.63) is 52.6 Å². The number of morpholine rings is 1. The van der Waals surface area contributed by atoms with Crippen molar-refractivity contribution in [2.45, 2.75) is 13.8 Å². The number of rotatable bonds is 3. The molecule has 174 valence electrons. The summed E-state index contributed by atoms with van der Waals surface area (Å²) in [5, 5.41) is 10.3. The van der Waals surface area contributed by atoms with Crippen LogP contribution in [0.2, 0.25) is 0 Å². The summed E-state index contributed by atoms with van der Waals surface area (Å²) in [5.41, 5.74) is 16.1. The lowest BCUT2D eigenvalue weighted by molar-refractivity contribution is 0.0303. The molecule has 0 unspecified atom stereocenters. The molecule has 1 fully saturated rings. The zero-order valence-electron chi connectivity index (χ0n) is 18.8. The predicted molar refractivity (Wildman–Crippen MR) is 127 cm³/mol. The Morgan fingerprint density at radius 1 is 1.06 bits per heavy atom. The van der Waals surface area contributed by atoms with E-state index in [9.17, 15) is 14.7 Å². The third-order valence-electron chi connectivity index (χ3n) is 6.21. The van der Waals surface area contributed by atoms with Crippen molar-refractivity contribution in [3.63, 3.8) is 0 Å². The molecule has 0 spiro atoms. The molecule has 2 amide bonds. The monoisotopic (exact) mass is 460 g/mol. The second kappa shape index (κ2) is 7.99. The van der Waals surface area contributed by atoms with E-state index in [-0.39, 0.29) is 28.6 Å².